The summed E-state index contributed by atoms with van der Waals surface area (Å²) in [6, 6.07) is 0. The van der Waals surface area contributed by atoms with E-state index in [-0.39, 0.29) is 0 Å². The lowest BCUT2D eigenvalue weighted by molar-refractivity contribution is -0.160. The number of rotatable bonds is 2. The average molecular weight is 178 g/mol. The third-order valence-corrected chi connectivity index (χ3v) is 1.87. The third kappa shape index (κ3) is 1.09. The number of esters is 1. The summed E-state index contributed by atoms with van der Waals surface area (Å²) in [7, 11) is 0. The Bertz CT molecular complexity index is 192. The third-order valence-electron chi connectivity index (χ3n) is 1.87. The van der Waals surface area contributed by atoms with Gasteiger partial charge >= 0.3 is 5.97 Å². The van der Waals surface area contributed by atoms with Crippen LogP contribution < -0.4 is 0 Å². The van der Waals surface area contributed by atoms with E-state index in [9.17, 15) is 9.90 Å². The smallest absolute Gasteiger partial charge is 0.343 e. The standard InChI is InChI=1S/C6H10O6/c7-1-3-4(9)6(11,2-8)5(10)12-3/h3-4,7-9,11H,1-2H2/t3-,4-,6+/m1/s1. The van der Waals surface area contributed by atoms with Crippen molar-refractivity contribution < 1.29 is 30.0 Å². The molecule has 6 heteroatoms. The highest BCUT2D eigenvalue weighted by molar-refractivity contribution is 5.83. The first-order valence-corrected chi connectivity index (χ1v) is 3.39. The molecule has 1 aliphatic heterocycles. The van der Waals surface area contributed by atoms with Crippen LogP contribution in [0.15, 0.2) is 0 Å². The van der Waals surface area contributed by atoms with Crippen LogP contribution in [0.3, 0.4) is 0 Å². The van der Waals surface area contributed by atoms with Crippen molar-refractivity contribution in [1.82, 2.24) is 0 Å². The Hall–Kier alpha value is -0.690. The first-order valence-electron chi connectivity index (χ1n) is 3.39. The van der Waals surface area contributed by atoms with Crippen molar-refractivity contribution >= 4 is 5.97 Å². The molecule has 1 fully saturated rings. The predicted octanol–water partition coefficient (Wildman–Crippen LogP) is -3.01. The van der Waals surface area contributed by atoms with Gasteiger partial charge in [0.25, 0.3) is 0 Å². The zero-order chi connectivity index (χ0) is 9.35. The van der Waals surface area contributed by atoms with Gasteiger partial charge in [0.05, 0.1) is 13.2 Å². The van der Waals surface area contributed by atoms with Gasteiger partial charge in [-0.1, -0.05) is 0 Å². The molecule has 1 aliphatic rings. The van der Waals surface area contributed by atoms with E-state index < -0.39 is 37.0 Å². The normalized spacial score (nSPS) is 41.5. The second-order valence-electron chi connectivity index (χ2n) is 2.65. The van der Waals surface area contributed by atoms with Crippen molar-refractivity contribution in [1.29, 1.82) is 0 Å². The van der Waals surface area contributed by atoms with Gasteiger partial charge in [0.15, 0.2) is 6.10 Å². The van der Waals surface area contributed by atoms with Crippen molar-refractivity contribution in [3.8, 4) is 0 Å². The zero-order valence-electron chi connectivity index (χ0n) is 6.17. The molecule has 0 aliphatic carbocycles. The molecule has 4 N–H and O–H groups in total. The SMILES string of the molecule is O=C1O[C@H](CO)[C@@H](O)[C@@]1(O)CO. The Balaban J connectivity index is 2.83. The number of ether oxygens (including phenoxy) is 1. The maximum absolute atomic E-state index is 10.8. The van der Waals surface area contributed by atoms with E-state index in [0.29, 0.717) is 0 Å². The topological polar surface area (TPSA) is 107 Å². The van der Waals surface area contributed by atoms with Crippen molar-refractivity contribution in [2.24, 2.45) is 0 Å². The van der Waals surface area contributed by atoms with Crippen LogP contribution in [0.5, 0.6) is 0 Å². The van der Waals surface area contributed by atoms with E-state index in [1.54, 1.807) is 0 Å². The highest BCUT2D eigenvalue weighted by Gasteiger charge is 2.55. The number of carbonyl (C=O) groups is 1. The van der Waals surface area contributed by atoms with Crippen LogP contribution in [0.25, 0.3) is 0 Å². The molecule has 0 aromatic heterocycles. The summed E-state index contributed by atoms with van der Waals surface area (Å²) in [5.74, 6) is -1.11. The lowest BCUT2D eigenvalue weighted by Gasteiger charge is -2.19. The Kier molecular flexibility index (Phi) is 2.34. The van der Waals surface area contributed by atoms with E-state index in [0.717, 1.165) is 0 Å². The highest BCUT2D eigenvalue weighted by atomic mass is 16.6. The van der Waals surface area contributed by atoms with Crippen molar-refractivity contribution in [3.63, 3.8) is 0 Å². The Morgan fingerprint density at radius 2 is 2.08 bits per heavy atom. The van der Waals surface area contributed by atoms with Crippen LogP contribution in [0.2, 0.25) is 0 Å². The first kappa shape index (κ1) is 9.40. The van der Waals surface area contributed by atoms with E-state index in [4.69, 9.17) is 15.3 Å². The lowest BCUT2D eigenvalue weighted by atomic mass is 9.97. The fraction of sp³-hybridized carbons (Fsp3) is 0.833. The second kappa shape index (κ2) is 2.98. The zero-order valence-corrected chi connectivity index (χ0v) is 6.17. The van der Waals surface area contributed by atoms with Gasteiger partial charge in [0, 0.05) is 0 Å². The summed E-state index contributed by atoms with van der Waals surface area (Å²) in [5, 5.41) is 35.6. The molecule has 0 aromatic carbocycles. The summed E-state index contributed by atoms with van der Waals surface area (Å²) in [5.41, 5.74) is -2.28. The largest absolute Gasteiger partial charge is 0.455 e. The number of hydrogen-bond acceptors (Lipinski definition) is 6. The predicted molar refractivity (Wildman–Crippen MR) is 35.0 cm³/mol. The first-order chi connectivity index (χ1) is 5.56. The van der Waals surface area contributed by atoms with Gasteiger partial charge < -0.3 is 25.2 Å². The average Bonchev–Trinajstić information content (AvgIpc) is 2.30. The number of cyclic esters (lactones) is 1. The monoisotopic (exact) mass is 178 g/mol. The molecule has 3 atom stereocenters. The molecule has 0 radical (unpaired) electrons. The molecular formula is C6H10O6. The van der Waals surface area contributed by atoms with Gasteiger partial charge in [0.2, 0.25) is 5.60 Å². The number of aliphatic hydroxyl groups is 4. The molecule has 0 saturated carbocycles. The minimum Gasteiger partial charge on any atom is -0.455 e. The molecule has 70 valence electrons. The van der Waals surface area contributed by atoms with E-state index in [1.807, 2.05) is 0 Å². The fourth-order valence-corrected chi connectivity index (χ4v) is 1.03. The van der Waals surface area contributed by atoms with Crippen LogP contribution in [-0.4, -0.2) is 57.4 Å². The fourth-order valence-electron chi connectivity index (χ4n) is 1.03. The Morgan fingerprint density at radius 3 is 2.33 bits per heavy atom. The number of aliphatic hydroxyl groups excluding tert-OH is 3. The summed E-state index contributed by atoms with van der Waals surface area (Å²) >= 11 is 0. The Labute approximate surface area is 68.0 Å². The molecular weight excluding hydrogens is 168 g/mol. The van der Waals surface area contributed by atoms with Crippen molar-refractivity contribution in [2.75, 3.05) is 13.2 Å². The van der Waals surface area contributed by atoms with Crippen LogP contribution in [0, 0.1) is 0 Å². The van der Waals surface area contributed by atoms with E-state index in [2.05, 4.69) is 4.74 Å². The molecule has 1 heterocycles. The maximum atomic E-state index is 10.8. The van der Waals surface area contributed by atoms with Gasteiger partial charge in [-0.05, 0) is 0 Å². The number of hydrogen-bond donors (Lipinski definition) is 4. The highest BCUT2D eigenvalue weighted by Crippen LogP contribution is 2.25. The van der Waals surface area contributed by atoms with E-state index >= 15 is 0 Å². The molecule has 0 aromatic rings. The molecule has 0 spiro atoms. The Morgan fingerprint density at radius 1 is 1.50 bits per heavy atom. The molecule has 0 unspecified atom stereocenters. The summed E-state index contributed by atoms with van der Waals surface area (Å²) in [4.78, 5) is 10.8. The summed E-state index contributed by atoms with van der Waals surface area (Å²) < 4.78 is 4.38. The molecule has 0 bridgehead atoms. The van der Waals surface area contributed by atoms with Gasteiger partial charge in [-0.25, -0.2) is 4.79 Å². The van der Waals surface area contributed by atoms with Gasteiger partial charge in [0.1, 0.15) is 6.10 Å². The molecule has 12 heavy (non-hydrogen) atoms. The quantitative estimate of drug-likeness (QED) is 0.335. The van der Waals surface area contributed by atoms with Crippen LogP contribution in [-0.2, 0) is 9.53 Å². The van der Waals surface area contributed by atoms with Crippen LogP contribution in [0.1, 0.15) is 0 Å². The lowest BCUT2D eigenvalue weighted by Crippen LogP contribution is -2.49. The molecule has 6 nitrogen and oxygen atoms in total. The molecule has 1 saturated heterocycles. The number of carbonyl (C=O) groups excluding carboxylic acids is 1. The van der Waals surface area contributed by atoms with Crippen LogP contribution in [0.4, 0.5) is 0 Å². The van der Waals surface area contributed by atoms with Crippen LogP contribution >= 0.6 is 0 Å². The van der Waals surface area contributed by atoms with Crippen molar-refractivity contribution in [3.05, 3.63) is 0 Å². The maximum Gasteiger partial charge on any atom is 0.343 e. The minimum absolute atomic E-state index is 0.588. The van der Waals surface area contributed by atoms with E-state index in [1.165, 1.54) is 0 Å². The molecule has 1 rings (SSSR count). The summed E-state index contributed by atoms with van der Waals surface area (Å²) in [6.07, 6.45) is -2.74. The minimum atomic E-state index is -2.28. The van der Waals surface area contributed by atoms with Gasteiger partial charge in [-0.2, -0.15) is 0 Å². The van der Waals surface area contributed by atoms with Gasteiger partial charge in [-0.3, -0.25) is 0 Å². The second-order valence-corrected chi connectivity index (χ2v) is 2.65. The summed E-state index contributed by atoms with van der Waals surface area (Å²) in [6.45, 7) is -1.52. The molecule has 0 amide bonds. The van der Waals surface area contributed by atoms with Crippen molar-refractivity contribution in [2.45, 2.75) is 17.8 Å². The van der Waals surface area contributed by atoms with Gasteiger partial charge in [-0.15, -0.1) is 0 Å².